The van der Waals surface area contributed by atoms with Crippen LogP contribution in [0.2, 0.25) is 5.02 Å². The monoisotopic (exact) mass is 680 g/mol. The zero-order valence-electron chi connectivity index (χ0n) is 24.9. The molecule has 1 N–H and O–H groups in total. The maximum Gasteiger partial charge on any atom is 0.296 e. The van der Waals surface area contributed by atoms with Crippen molar-refractivity contribution in [2.45, 2.75) is 37.3 Å². The normalized spacial score (nSPS) is 18.0. The van der Waals surface area contributed by atoms with Crippen LogP contribution < -0.4 is 5.32 Å². The van der Waals surface area contributed by atoms with Crippen LogP contribution >= 0.6 is 11.6 Å². The number of terminal acetylenes is 1. The third-order valence-corrected chi connectivity index (χ3v) is 9.07. The minimum Gasteiger partial charge on any atom is -0.346 e. The lowest BCUT2D eigenvalue weighted by molar-refractivity contribution is -0.123. The highest BCUT2D eigenvalue weighted by Gasteiger charge is 2.60. The van der Waals surface area contributed by atoms with E-state index in [4.69, 9.17) is 18.0 Å². The first-order valence-electron chi connectivity index (χ1n) is 14.6. The van der Waals surface area contributed by atoms with Gasteiger partial charge < -0.3 is 5.32 Å². The molecule has 5 aromatic rings. The van der Waals surface area contributed by atoms with Gasteiger partial charge in [-0.15, -0.1) is 6.42 Å². The molecule has 0 saturated heterocycles. The summed E-state index contributed by atoms with van der Waals surface area (Å²) in [5, 5.41) is 11.8. The molecule has 48 heavy (non-hydrogen) atoms. The molecular formula is C34H23ClF6N6O. The number of benzene rings is 2. The van der Waals surface area contributed by atoms with Crippen molar-refractivity contribution in [3.8, 4) is 23.5 Å². The van der Waals surface area contributed by atoms with Gasteiger partial charge in [0.25, 0.3) is 12.3 Å². The second-order valence-electron chi connectivity index (χ2n) is 11.7. The first-order valence-corrected chi connectivity index (χ1v) is 15.0. The molecule has 2 aliphatic carbocycles. The van der Waals surface area contributed by atoms with Crippen molar-refractivity contribution in [1.82, 2.24) is 29.9 Å². The first-order chi connectivity index (χ1) is 22.9. The van der Waals surface area contributed by atoms with E-state index in [0.29, 0.717) is 37.8 Å². The van der Waals surface area contributed by atoms with Crippen molar-refractivity contribution < 1.29 is 31.1 Å². The Kier molecular flexibility index (Phi) is 7.58. The predicted molar refractivity (Wildman–Crippen MR) is 164 cm³/mol. The molecular weight excluding hydrogens is 658 g/mol. The van der Waals surface area contributed by atoms with Crippen molar-refractivity contribution in [2.24, 2.45) is 13.0 Å². The van der Waals surface area contributed by atoms with E-state index in [9.17, 15) is 22.4 Å². The lowest BCUT2D eigenvalue weighted by Gasteiger charge is -2.27. The molecule has 3 atom stereocenters. The van der Waals surface area contributed by atoms with Crippen molar-refractivity contribution in [3.05, 3.63) is 111 Å². The molecule has 1 unspecified atom stereocenters. The van der Waals surface area contributed by atoms with Gasteiger partial charge >= 0.3 is 0 Å². The number of hydrogen-bond donors (Lipinski definition) is 1. The van der Waals surface area contributed by atoms with Gasteiger partial charge in [0.05, 0.1) is 34.4 Å². The number of aryl methyl sites for hydroxylation is 1. The van der Waals surface area contributed by atoms with Gasteiger partial charge in [0.15, 0.2) is 0 Å². The summed E-state index contributed by atoms with van der Waals surface area (Å²) >= 11 is 6.43. The zero-order valence-corrected chi connectivity index (χ0v) is 25.6. The molecule has 3 heterocycles. The summed E-state index contributed by atoms with van der Waals surface area (Å²) in [5.74, 6) is -5.98. The fourth-order valence-electron chi connectivity index (χ4n) is 6.64. The minimum absolute atomic E-state index is 0.132. The third-order valence-electron chi connectivity index (χ3n) is 8.74. The lowest BCUT2D eigenvalue weighted by Crippen LogP contribution is -2.35. The molecule has 7 rings (SSSR count). The number of nitrogens with zero attached hydrogens (tertiary/aromatic N) is 5. The highest BCUT2D eigenvalue weighted by molar-refractivity contribution is 6.35. The minimum atomic E-state index is -3.54. The fraction of sp³-hybridized carbons (Fsp3) is 0.235. The predicted octanol–water partition coefficient (Wildman–Crippen LogP) is 7.16. The molecule has 0 radical (unpaired) electrons. The van der Waals surface area contributed by atoms with Crippen LogP contribution in [-0.2, 0) is 30.7 Å². The number of allylic oxidation sites excluding steroid dienone is 2. The Morgan fingerprint density at radius 3 is 2.48 bits per heavy atom. The van der Waals surface area contributed by atoms with E-state index < -0.39 is 65.7 Å². The second-order valence-corrected chi connectivity index (χ2v) is 12.1. The maximum atomic E-state index is 15.4. The van der Waals surface area contributed by atoms with E-state index in [1.807, 2.05) is 0 Å². The second kappa shape index (κ2) is 11.6. The Morgan fingerprint density at radius 1 is 1.08 bits per heavy atom. The van der Waals surface area contributed by atoms with Gasteiger partial charge in [0.1, 0.15) is 35.3 Å². The number of pyridine rings is 1. The van der Waals surface area contributed by atoms with Crippen LogP contribution in [-0.4, -0.2) is 30.5 Å². The van der Waals surface area contributed by atoms with Crippen LogP contribution in [0.25, 0.3) is 22.0 Å². The average Bonchev–Trinajstić information content (AvgIpc) is 3.61. The highest BCUT2D eigenvalue weighted by Crippen LogP contribution is 2.59. The van der Waals surface area contributed by atoms with E-state index in [1.54, 1.807) is 42.2 Å². The number of alkyl halides is 4. The topological polar surface area (TPSA) is 77.6 Å². The van der Waals surface area contributed by atoms with Gasteiger partial charge in [0.2, 0.25) is 5.91 Å². The van der Waals surface area contributed by atoms with E-state index in [1.165, 1.54) is 12.2 Å². The largest absolute Gasteiger partial charge is 0.346 e. The maximum absolute atomic E-state index is 15.4. The van der Waals surface area contributed by atoms with Gasteiger partial charge in [-0.25, -0.2) is 22.5 Å². The van der Waals surface area contributed by atoms with Gasteiger partial charge in [-0.1, -0.05) is 35.7 Å². The van der Waals surface area contributed by atoms with Crippen molar-refractivity contribution >= 4 is 28.4 Å². The zero-order chi connectivity index (χ0) is 34.1. The van der Waals surface area contributed by atoms with Gasteiger partial charge in [-0.05, 0) is 42.3 Å². The molecule has 0 fully saturated rings. The SMILES string of the molecule is C#Cc1ccc(-c2ccc(Cl)c3cnn(C)c23)c(C(Cc2cc(F)cc(F)c2)NC(=O)Cn2nc(C(F)F)c3c2C(F)(F)[C@@H]2C=C[C@H]32)n1. The summed E-state index contributed by atoms with van der Waals surface area (Å²) in [6, 6.07) is 8.28. The highest BCUT2D eigenvalue weighted by atomic mass is 35.5. The number of carbonyl (C=O) groups excluding carboxylic acids is 1. The number of rotatable bonds is 8. The van der Waals surface area contributed by atoms with Crippen LogP contribution in [0, 0.1) is 29.9 Å². The Hall–Kier alpha value is -5.09. The van der Waals surface area contributed by atoms with E-state index in [0.717, 1.165) is 12.1 Å². The number of aromatic nitrogens is 5. The Morgan fingerprint density at radius 2 is 1.81 bits per heavy atom. The van der Waals surface area contributed by atoms with Gasteiger partial charge in [-0.3, -0.25) is 14.2 Å². The summed E-state index contributed by atoms with van der Waals surface area (Å²) in [7, 11) is 1.70. The quantitative estimate of drug-likeness (QED) is 0.107. The molecule has 0 saturated carbocycles. The first kappa shape index (κ1) is 31.5. The van der Waals surface area contributed by atoms with E-state index in [-0.39, 0.29) is 28.9 Å². The van der Waals surface area contributed by atoms with Crippen molar-refractivity contribution in [3.63, 3.8) is 0 Å². The standard InChI is InChI=1S/C34H23ClF6N6O/c1-3-19-4-5-20(21-7-9-25(35)23-14-42-46(2)31(21)23)29(43-19)26(12-16-10-17(36)13-18(37)11-16)44-27(48)15-47-32-28(30(45-47)33(38)39)22-6-8-24(22)34(32,40)41/h1,4-11,13-14,22,24,26,33H,12,15H2,2H3,(H,44,48)/t22-,24+,26?/m0/s1. The number of nitrogens with one attached hydrogen (secondary N) is 1. The fourth-order valence-corrected chi connectivity index (χ4v) is 6.84. The Balaban J connectivity index is 1.33. The summed E-state index contributed by atoms with van der Waals surface area (Å²) in [4.78, 5) is 18.3. The lowest BCUT2D eigenvalue weighted by atomic mass is 9.81. The summed E-state index contributed by atoms with van der Waals surface area (Å²) in [5.41, 5.74) is 0.290. The number of carbonyl (C=O) groups is 1. The molecule has 0 spiro atoms. The van der Waals surface area contributed by atoms with Gasteiger partial charge in [0, 0.05) is 41.1 Å². The molecule has 7 nitrogen and oxygen atoms in total. The van der Waals surface area contributed by atoms with E-state index >= 15 is 8.78 Å². The van der Waals surface area contributed by atoms with Crippen LogP contribution in [0.3, 0.4) is 0 Å². The van der Waals surface area contributed by atoms with Crippen LogP contribution in [0.4, 0.5) is 26.3 Å². The molecule has 2 aliphatic rings. The summed E-state index contributed by atoms with van der Waals surface area (Å²) in [6.07, 6.45) is 6.54. The molecule has 14 heteroatoms. The average molecular weight is 681 g/mol. The van der Waals surface area contributed by atoms with Crippen LogP contribution in [0.1, 0.15) is 52.3 Å². The Bertz CT molecular complexity index is 2180. The third kappa shape index (κ3) is 5.11. The van der Waals surface area contributed by atoms with Crippen molar-refractivity contribution in [1.29, 1.82) is 0 Å². The molecule has 3 aromatic heterocycles. The smallest absolute Gasteiger partial charge is 0.296 e. The van der Waals surface area contributed by atoms with Crippen molar-refractivity contribution in [2.75, 3.05) is 0 Å². The molecule has 0 bridgehead atoms. The van der Waals surface area contributed by atoms with Gasteiger partial charge in [-0.2, -0.15) is 19.0 Å². The Labute approximate surface area is 274 Å². The number of fused-ring (bicyclic) bond motifs is 4. The number of hydrogen-bond acceptors (Lipinski definition) is 4. The number of amides is 1. The van der Waals surface area contributed by atoms with Crippen LogP contribution in [0.15, 0.2) is 60.8 Å². The van der Waals surface area contributed by atoms with E-state index in [2.05, 4.69) is 26.4 Å². The summed E-state index contributed by atoms with van der Waals surface area (Å²) < 4.78 is 89.5. The molecule has 2 aromatic carbocycles. The summed E-state index contributed by atoms with van der Waals surface area (Å²) in [6.45, 7) is -0.852. The molecule has 1 amide bonds. The molecule has 244 valence electrons. The number of halogens is 7. The molecule has 0 aliphatic heterocycles. The van der Waals surface area contributed by atoms with Crippen LogP contribution in [0.5, 0.6) is 0 Å².